The average molecular weight is 743 g/mol. The molecule has 13 atom stereocenters. The number of halogens is 1. The molecular formula is C33H43ClN2O15. The van der Waals surface area contributed by atoms with Gasteiger partial charge in [-0.3, -0.25) is 19.3 Å². The van der Waals surface area contributed by atoms with Crippen LogP contribution in [0.2, 0.25) is 0 Å². The van der Waals surface area contributed by atoms with Crippen molar-refractivity contribution in [1.82, 2.24) is 4.90 Å². The molecule has 0 bridgehead atoms. The highest BCUT2D eigenvalue weighted by Crippen LogP contribution is 2.35. The Kier molecular flexibility index (Phi) is 14.2. The first-order valence-corrected chi connectivity index (χ1v) is 16.4. The van der Waals surface area contributed by atoms with Gasteiger partial charge in [-0.25, -0.2) is 0 Å². The molecule has 4 rings (SSSR count). The Morgan fingerprint density at radius 1 is 0.882 bits per heavy atom. The van der Waals surface area contributed by atoms with Gasteiger partial charge in [0, 0.05) is 5.03 Å². The molecule has 0 aliphatic carbocycles. The van der Waals surface area contributed by atoms with Crippen LogP contribution >= 0.6 is 11.6 Å². The molecule has 4 aliphatic heterocycles. The van der Waals surface area contributed by atoms with E-state index in [0.29, 0.717) is 5.03 Å². The Hall–Kier alpha value is -3.30. The molecule has 17 nitrogen and oxygen atoms in total. The number of hydrogen-bond acceptors (Lipinski definition) is 15. The molecular weight excluding hydrogens is 700 g/mol. The zero-order chi connectivity index (χ0) is 37.6. The van der Waals surface area contributed by atoms with Gasteiger partial charge in [-0.05, 0) is 26.0 Å². The number of amides is 2. The molecule has 4 fully saturated rings. The summed E-state index contributed by atoms with van der Waals surface area (Å²) >= 11 is 5.74. The van der Waals surface area contributed by atoms with Crippen molar-refractivity contribution in [1.29, 1.82) is 0 Å². The van der Waals surface area contributed by atoms with Gasteiger partial charge in [0.2, 0.25) is 5.91 Å². The Bertz CT molecular complexity index is 1460. The van der Waals surface area contributed by atoms with Gasteiger partial charge in [0.25, 0.3) is 5.91 Å². The maximum Gasteiger partial charge on any atom is 0.264 e. The van der Waals surface area contributed by atoms with E-state index in [-0.39, 0.29) is 0 Å². The second kappa shape index (κ2) is 18.0. The van der Waals surface area contributed by atoms with E-state index in [4.69, 9.17) is 41.0 Å². The summed E-state index contributed by atoms with van der Waals surface area (Å²) in [6.07, 6.45) is -5.02. The molecule has 0 spiro atoms. The van der Waals surface area contributed by atoms with Gasteiger partial charge in [-0.1, -0.05) is 54.1 Å². The zero-order valence-corrected chi connectivity index (χ0v) is 28.4. The van der Waals surface area contributed by atoms with Crippen molar-refractivity contribution >= 4 is 29.2 Å². The van der Waals surface area contributed by atoms with Gasteiger partial charge in [-0.15, -0.1) is 0 Å². The standard InChI is InChI=1S/C33H43ClN2O15/c1-15(34)10-8-6-4-3-5-7-9-11-18(37)22-24(41)17(12-21(35)39)36(30(22)46)31-29(25(42)19(38)13-47-31)51-32-28(45)26(43)20(14-48-32)50-33-27(44)23(40)16(2)49-33/h3-11,16-17,19-20,23,25-29,31-33,37-38,40,42-45H,12-14H2,1-2H3,(H2,35,39)/t16-,17-,19-,20-,23-,25+,26-,27+,28+,29-,31-,32+,33-/m1/s1. The van der Waals surface area contributed by atoms with Crippen LogP contribution in [0.3, 0.4) is 0 Å². The van der Waals surface area contributed by atoms with Gasteiger partial charge in [0.1, 0.15) is 66.2 Å². The topological polar surface area (TPSA) is 268 Å². The highest BCUT2D eigenvalue weighted by Gasteiger charge is 2.56. The quantitative estimate of drug-likeness (QED) is 0.0475. The Labute approximate surface area is 297 Å². The highest BCUT2D eigenvalue weighted by atomic mass is 35.5. The highest BCUT2D eigenvalue weighted by molar-refractivity contribution is 6.29. The lowest BCUT2D eigenvalue weighted by molar-refractivity contribution is -0.338. The molecule has 282 valence electrons. The second-order valence-corrected chi connectivity index (χ2v) is 12.8. The molecule has 0 aromatic rings. The van der Waals surface area contributed by atoms with Crippen LogP contribution in [0.4, 0.5) is 0 Å². The van der Waals surface area contributed by atoms with Gasteiger partial charge in [0.05, 0.1) is 25.7 Å². The summed E-state index contributed by atoms with van der Waals surface area (Å²) in [5.74, 6) is -3.83. The van der Waals surface area contributed by atoms with Crippen molar-refractivity contribution in [2.75, 3.05) is 13.2 Å². The third-order valence-corrected chi connectivity index (χ3v) is 8.57. The largest absolute Gasteiger partial charge is 0.507 e. The van der Waals surface area contributed by atoms with E-state index in [2.05, 4.69) is 0 Å². The number of primary amides is 1. The number of aliphatic hydroxyl groups excluding tert-OH is 7. The van der Waals surface area contributed by atoms with Gasteiger partial charge in [-0.2, -0.15) is 0 Å². The summed E-state index contributed by atoms with van der Waals surface area (Å²) in [5, 5.41) is 74.5. The van der Waals surface area contributed by atoms with Crippen molar-refractivity contribution in [3.05, 3.63) is 71.0 Å². The average Bonchev–Trinajstić information content (AvgIpc) is 3.45. The first-order valence-electron chi connectivity index (χ1n) is 16.0. The van der Waals surface area contributed by atoms with Crippen LogP contribution in [-0.2, 0) is 38.1 Å². The van der Waals surface area contributed by atoms with Gasteiger partial charge >= 0.3 is 0 Å². The number of carbonyl (C=O) groups is 3. The van der Waals surface area contributed by atoms with E-state index in [0.717, 1.165) is 11.0 Å². The van der Waals surface area contributed by atoms with E-state index in [9.17, 15) is 50.1 Å². The molecule has 0 radical (unpaired) electrons. The van der Waals surface area contributed by atoms with E-state index in [1.807, 2.05) is 0 Å². The lowest BCUT2D eigenvalue weighted by atomic mass is 10.0. The summed E-state index contributed by atoms with van der Waals surface area (Å²) in [4.78, 5) is 40.0. The number of allylic oxidation sites excluding steroid dienone is 10. The number of Topliss-reactive ketones (excluding diaryl/α,β-unsaturated/α-hetero) is 1. The SMILES string of the molecule is CC(Cl)=CC=CC=CC=CC=CC(O)=C1C(=O)[C@@H](CC(N)=O)N([C@@H]2OC[C@@H](O)[C@H](O)[C@H]2O[C@@H]2OC[C@@H](O[C@H]3O[C@H](C)[C@@H](O)[C@@H]3O)[C@@H](O)[C@@H]2O)C1=O. The lowest BCUT2D eigenvalue weighted by Gasteiger charge is -2.46. The van der Waals surface area contributed by atoms with Gasteiger partial charge < -0.3 is 65.2 Å². The Morgan fingerprint density at radius 3 is 2.12 bits per heavy atom. The first kappa shape index (κ1) is 40.5. The molecule has 51 heavy (non-hydrogen) atoms. The molecule has 4 aliphatic rings. The van der Waals surface area contributed by atoms with Gasteiger partial charge in [0.15, 0.2) is 24.6 Å². The summed E-state index contributed by atoms with van der Waals surface area (Å²) in [5.41, 5.74) is 4.67. The van der Waals surface area contributed by atoms with Crippen molar-refractivity contribution in [2.45, 2.75) is 100 Å². The molecule has 0 aromatic carbocycles. The van der Waals surface area contributed by atoms with E-state index in [1.165, 1.54) is 19.1 Å². The van der Waals surface area contributed by atoms with E-state index in [1.54, 1.807) is 43.4 Å². The third kappa shape index (κ3) is 9.58. The molecule has 4 heterocycles. The van der Waals surface area contributed by atoms with Crippen LogP contribution in [-0.4, -0.2) is 151 Å². The van der Waals surface area contributed by atoms with Crippen molar-refractivity contribution < 1.29 is 73.8 Å². The minimum absolute atomic E-state index is 0.457. The summed E-state index contributed by atoms with van der Waals surface area (Å²) in [6, 6.07) is -1.62. The minimum atomic E-state index is -1.89. The van der Waals surface area contributed by atoms with Crippen molar-refractivity contribution in [3.63, 3.8) is 0 Å². The Balaban J connectivity index is 1.52. The normalized spacial score (nSPS) is 39.4. The monoisotopic (exact) mass is 742 g/mol. The van der Waals surface area contributed by atoms with Crippen LogP contribution in [0.25, 0.3) is 0 Å². The number of likely N-dealkylation sites (tertiary alicyclic amines) is 1. The Morgan fingerprint density at radius 2 is 1.51 bits per heavy atom. The second-order valence-electron chi connectivity index (χ2n) is 12.2. The number of ketones is 1. The number of ether oxygens (including phenoxy) is 5. The fourth-order valence-electron chi connectivity index (χ4n) is 5.74. The van der Waals surface area contributed by atoms with E-state index < -0.39 is 128 Å². The molecule has 2 amide bonds. The van der Waals surface area contributed by atoms with Crippen LogP contribution in [0.15, 0.2) is 71.0 Å². The summed E-state index contributed by atoms with van der Waals surface area (Å²) in [6.45, 7) is 2.20. The van der Waals surface area contributed by atoms with Crippen LogP contribution in [0, 0.1) is 0 Å². The molecule has 0 unspecified atom stereocenters. The predicted molar refractivity (Wildman–Crippen MR) is 175 cm³/mol. The van der Waals surface area contributed by atoms with E-state index >= 15 is 0 Å². The predicted octanol–water partition coefficient (Wildman–Crippen LogP) is -1.79. The summed E-state index contributed by atoms with van der Waals surface area (Å²) in [7, 11) is 0. The molecule has 0 aromatic heterocycles. The molecule has 9 N–H and O–H groups in total. The van der Waals surface area contributed by atoms with Crippen LogP contribution < -0.4 is 5.73 Å². The smallest absolute Gasteiger partial charge is 0.264 e. The summed E-state index contributed by atoms with van der Waals surface area (Å²) < 4.78 is 27.8. The number of carbonyl (C=O) groups excluding carboxylic acids is 3. The molecule has 18 heteroatoms. The third-order valence-electron chi connectivity index (χ3n) is 8.45. The zero-order valence-electron chi connectivity index (χ0n) is 27.6. The first-order chi connectivity index (χ1) is 24.1. The number of hydrogen-bond donors (Lipinski definition) is 8. The fourth-order valence-corrected chi connectivity index (χ4v) is 5.81. The lowest BCUT2D eigenvalue weighted by Crippen LogP contribution is -2.65. The number of nitrogens with two attached hydrogens (primary N) is 1. The maximum absolute atomic E-state index is 13.7. The van der Waals surface area contributed by atoms with Crippen LogP contribution in [0.1, 0.15) is 20.3 Å². The van der Waals surface area contributed by atoms with Crippen LogP contribution in [0.5, 0.6) is 0 Å². The number of nitrogens with zero attached hydrogens (tertiary/aromatic N) is 1. The minimum Gasteiger partial charge on any atom is -0.507 e. The molecule has 0 saturated carbocycles. The number of aliphatic hydroxyl groups is 7. The number of rotatable bonds is 12. The fraction of sp³-hybridized carbons (Fsp3) is 0.545. The van der Waals surface area contributed by atoms with Crippen molar-refractivity contribution in [3.8, 4) is 0 Å². The maximum atomic E-state index is 13.7. The van der Waals surface area contributed by atoms with Crippen molar-refractivity contribution in [2.24, 2.45) is 5.73 Å². The molecule has 4 saturated heterocycles.